The van der Waals surface area contributed by atoms with Gasteiger partial charge in [-0.05, 0) is 31.0 Å². The minimum absolute atomic E-state index is 0.134. The Balaban J connectivity index is 1.92. The third kappa shape index (κ3) is 2.68. The smallest absolute Gasteiger partial charge is 0.166 e. The van der Waals surface area contributed by atoms with E-state index in [2.05, 4.69) is 21.4 Å². The molecule has 0 saturated heterocycles. The number of anilines is 2. The van der Waals surface area contributed by atoms with Crippen LogP contribution in [0.1, 0.15) is 34.5 Å². The van der Waals surface area contributed by atoms with Crippen molar-refractivity contribution < 1.29 is 4.79 Å². The maximum absolute atomic E-state index is 12.6. The minimum Gasteiger partial charge on any atom is -0.356 e. The lowest BCUT2D eigenvalue weighted by Crippen LogP contribution is -2.10. The van der Waals surface area contributed by atoms with Crippen molar-refractivity contribution in [2.24, 2.45) is 0 Å². The zero-order chi connectivity index (χ0) is 17.2. The van der Waals surface area contributed by atoms with Gasteiger partial charge >= 0.3 is 0 Å². The summed E-state index contributed by atoms with van der Waals surface area (Å²) in [7, 11) is 0. The molecule has 2 heterocycles. The highest BCUT2D eigenvalue weighted by Crippen LogP contribution is 2.39. The van der Waals surface area contributed by atoms with Crippen LogP contribution in [-0.4, -0.2) is 15.8 Å². The Labute approximate surface area is 145 Å². The lowest BCUT2D eigenvalue weighted by molar-refractivity contribution is 0.0973. The highest BCUT2D eigenvalue weighted by Gasteiger charge is 2.27. The summed E-state index contributed by atoms with van der Waals surface area (Å²) >= 11 is 0. The molecule has 0 amide bonds. The standard InChI is InChI=1S/C20H16N4O/c21-11-13-12-22-10-9-15(13)19-20(23-14-5-2-1-3-6-14)18-16(24-19)7-4-8-17(18)25/h1-3,5-6,9-10,12,23-24H,4,7-8H2. The molecule has 0 bridgehead atoms. The van der Waals surface area contributed by atoms with Gasteiger partial charge in [-0.25, -0.2) is 0 Å². The molecule has 5 heteroatoms. The van der Waals surface area contributed by atoms with E-state index < -0.39 is 0 Å². The number of H-pyrrole nitrogens is 1. The van der Waals surface area contributed by atoms with Crippen molar-refractivity contribution in [2.75, 3.05) is 5.32 Å². The van der Waals surface area contributed by atoms with Crippen LogP contribution in [0.25, 0.3) is 11.3 Å². The molecule has 4 rings (SSSR count). The van der Waals surface area contributed by atoms with Crippen LogP contribution in [0.3, 0.4) is 0 Å². The molecule has 0 unspecified atom stereocenters. The van der Waals surface area contributed by atoms with Crippen LogP contribution in [0, 0.1) is 11.3 Å². The number of ketones is 1. The topological polar surface area (TPSA) is 81.6 Å². The molecule has 2 N–H and O–H groups in total. The normalized spacial score (nSPS) is 13.2. The highest BCUT2D eigenvalue weighted by molar-refractivity contribution is 6.07. The number of benzene rings is 1. The predicted molar refractivity (Wildman–Crippen MR) is 95.7 cm³/mol. The van der Waals surface area contributed by atoms with Crippen LogP contribution >= 0.6 is 0 Å². The maximum Gasteiger partial charge on any atom is 0.166 e. The van der Waals surface area contributed by atoms with Gasteiger partial charge < -0.3 is 10.3 Å². The van der Waals surface area contributed by atoms with E-state index in [4.69, 9.17) is 0 Å². The van der Waals surface area contributed by atoms with Crippen LogP contribution in [0.2, 0.25) is 0 Å². The van der Waals surface area contributed by atoms with Gasteiger partial charge in [-0.2, -0.15) is 5.26 Å². The van der Waals surface area contributed by atoms with Crippen LogP contribution < -0.4 is 5.32 Å². The first-order valence-electron chi connectivity index (χ1n) is 8.22. The molecule has 1 aromatic carbocycles. The molecule has 3 aromatic rings. The molecule has 1 aliphatic carbocycles. The summed E-state index contributed by atoms with van der Waals surface area (Å²) in [5, 5.41) is 12.8. The van der Waals surface area contributed by atoms with Gasteiger partial charge in [0, 0.05) is 35.8 Å². The average Bonchev–Trinajstić information content (AvgIpc) is 3.02. The fourth-order valence-corrected chi connectivity index (χ4v) is 3.29. The summed E-state index contributed by atoms with van der Waals surface area (Å²) in [6.07, 6.45) is 5.43. The number of nitriles is 1. The Morgan fingerprint density at radius 2 is 2.00 bits per heavy atom. The van der Waals surface area contributed by atoms with Crippen LogP contribution in [0.15, 0.2) is 48.8 Å². The molecule has 2 aromatic heterocycles. The van der Waals surface area contributed by atoms with E-state index in [0.29, 0.717) is 17.5 Å². The fraction of sp³-hybridized carbons (Fsp3) is 0.150. The number of aromatic amines is 1. The van der Waals surface area contributed by atoms with Gasteiger partial charge in [-0.15, -0.1) is 0 Å². The van der Waals surface area contributed by atoms with E-state index in [0.717, 1.165) is 41.2 Å². The number of nitrogens with zero attached hydrogens (tertiary/aromatic N) is 2. The largest absolute Gasteiger partial charge is 0.356 e. The van der Waals surface area contributed by atoms with Gasteiger partial charge in [0.15, 0.2) is 5.78 Å². The third-order valence-electron chi connectivity index (χ3n) is 4.44. The number of nitrogens with one attached hydrogen (secondary N) is 2. The minimum atomic E-state index is 0.134. The SMILES string of the molecule is N#Cc1cnccc1-c1[nH]c2c(c1Nc1ccccc1)C(=O)CCC2. The quantitative estimate of drug-likeness (QED) is 0.754. The molecule has 25 heavy (non-hydrogen) atoms. The zero-order valence-electron chi connectivity index (χ0n) is 13.5. The van der Waals surface area contributed by atoms with E-state index in [9.17, 15) is 10.1 Å². The monoisotopic (exact) mass is 328 g/mol. The van der Waals surface area contributed by atoms with E-state index in [1.54, 1.807) is 18.5 Å². The Kier molecular flexibility index (Phi) is 3.79. The Morgan fingerprint density at radius 1 is 1.16 bits per heavy atom. The molecule has 1 aliphatic rings. The van der Waals surface area contributed by atoms with Gasteiger partial charge in [0.25, 0.3) is 0 Å². The number of carbonyl (C=O) groups is 1. The van der Waals surface area contributed by atoms with Crippen molar-refractivity contribution in [2.45, 2.75) is 19.3 Å². The summed E-state index contributed by atoms with van der Waals surface area (Å²) in [6.45, 7) is 0. The van der Waals surface area contributed by atoms with Crippen molar-refractivity contribution in [3.8, 4) is 17.3 Å². The molecule has 122 valence electrons. The third-order valence-corrected chi connectivity index (χ3v) is 4.44. The van der Waals surface area contributed by atoms with Crippen molar-refractivity contribution in [1.29, 1.82) is 5.26 Å². The molecule has 0 spiro atoms. The van der Waals surface area contributed by atoms with E-state index in [-0.39, 0.29) is 5.78 Å². The fourth-order valence-electron chi connectivity index (χ4n) is 3.29. The van der Waals surface area contributed by atoms with Gasteiger partial charge in [-0.3, -0.25) is 9.78 Å². The summed E-state index contributed by atoms with van der Waals surface area (Å²) in [5.74, 6) is 0.134. The summed E-state index contributed by atoms with van der Waals surface area (Å²) in [6, 6.07) is 13.7. The van der Waals surface area contributed by atoms with Crippen molar-refractivity contribution in [1.82, 2.24) is 9.97 Å². The van der Waals surface area contributed by atoms with Crippen molar-refractivity contribution in [3.63, 3.8) is 0 Å². The van der Waals surface area contributed by atoms with Crippen LogP contribution in [0.5, 0.6) is 0 Å². The molecule has 0 fully saturated rings. The number of para-hydroxylation sites is 1. The second-order valence-electron chi connectivity index (χ2n) is 6.03. The highest BCUT2D eigenvalue weighted by atomic mass is 16.1. The second-order valence-corrected chi connectivity index (χ2v) is 6.03. The zero-order valence-corrected chi connectivity index (χ0v) is 13.5. The number of pyridine rings is 1. The Bertz CT molecular complexity index is 983. The van der Waals surface area contributed by atoms with Gasteiger partial charge in [0.2, 0.25) is 0 Å². The molecular weight excluding hydrogens is 312 g/mol. The molecule has 0 atom stereocenters. The molecule has 0 radical (unpaired) electrons. The lowest BCUT2D eigenvalue weighted by Gasteiger charge is -2.13. The van der Waals surface area contributed by atoms with E-state index in [1.807, 2.05) is 30.3 Å². The average molecular weight is 328 g/mol. The first-order chi connectivity index (χ1) is 12.3. The first kappa shape index (κ1) is 15.2. The van der Waals surface area contributed by atoms with Gasteiger partial charge in [0.1, 0.15) is 6.07 Å². The number of aryl methyl sites for hydroxylation is 1. The van der Waals surface area contributed by atoms with Gasteiger partial charge in [0.05, 0.1) is 22.5 Å². The molecule has 0 aliphatic heterocycles. The Morgan fingerprint density at radius 3 is 2.80 bits per heavy atom. The number of fused-ring (bicyclic) bond motifs is 1. The first-order valence-corrected chi connectivity index (χ1v) is 8.22. The molecule has 5 nitrogen and oxygen atoms in total. The second kappa shape index (κ2) is 6.25. The summed E-state index contributed by atoms with van der Waals surface area (Å²) in [4.78, 5) is 20.0. The Hall–Kier alpha value is -3.39. The van der Waals surface area contributed by atoms with Crippen molar-refractivity contribution >= 4 is 17.2 Å². The predicted octanol–water partition coefficient (Wildman–Crippen LogP) is 4.21. The lowest BCUT2D eigenvalue weighted by atomic mass is 9.94. The van der Waals surface area contributed by atoms with Crippen molar-refractivity contribution in [3.05, 3.63) is 65.6 Å². The molecular formula is C20H16N4O. The number of rotatable bonds is 3. The number of hydrogen-bond acceptors (Lipinski definition) is 4. The number of carbonyl (C=O) groups excluding carboxylic acids is 1. The van der Waals surface area contributed by atoms with Crippen LogP contribution in [-0.2, 0) is 6.42 Å². The van der Waals surface area contributed by atoms with E-state index in [1.165, 1.54) is 0 Å². The van der Waals surface area contributed by atoms with Crippen LogP contribution in [0.4, 0.5) is 11.4 Å². The molecule has 0 saturated carbocycles. The van der Waals surface area contributed by atoms with Gasteiger partial charge in [-0.1, -0.05) is 18.2 Å². The maximum atomic E-state index is 12.6. The number of aromatic nitrogens is 2. The number of hydrogen-bond donors (Lipinski definition) is 2. The summed E-state index contributed by atoms with van der Waals surface area (Å²) in [5.41, 5.74) is 5.28. The number of Topliss-reactive ketones (excluding diaryl/α,β-unsaturated/α-hetero) is 1. The summed E-state index contributed by atoms with van der Waals surface area (Å²) < 4.78 is 0. The van der Waals surface area contributed by atoms with E-state index >= 15 is 0 Å².